The Morgan fingerprint density at radius 2 is 1.95 bits per heavy atom. The van der Waals surface area contributed by atoms with Gasteiger partial charge in [0.25, 0.3) is 5.91 Å². The van der Waals surface area contributed by atoms with Gasteiger partial charge in [-0.1, -0.05) is 26.0 Å². The molecular weight excluding hydrogens is 280 g/mol. The summed E-state index contributed by atoms with van der Waals surface area (Å²) in [6.45, 7) is 3.93. The molecule has 20 heavy (non-hydrogen) atoms. The highest BCUT2D eigenvalue weighted by Gasteiger charge is 2.22. The van der Waals surface area contributed by atoms with E-state index in [0.29, 0.717) is 0 Å². The van der Waals surface area contributed by atoms with Crippen molar-refractivity contribution >= 4 is 17.2 Å². The minimum Gasteiger partial charge on any atom is -0.344 e. The molecule has 2 nitrogen and oxygen atoms in total. The third-order valence-corrected chi connectivity index (χ3v) is 3.95. The lowest BCUT2D eigenvalue weighted by atomic mass is 10.0. The Hall–Kier alpha value is -1.75. The molecule has 0 saturated heterocycles. The van der Waals surface area contributed by atoms with Gasteiger partial charge in [-0.2, -0.15) is 0 Å². The zero-order valence-corrected chi connectivity index (χ0v) is 12.0. The van der Waals surface area contributed by atoms with Gasteiger partial charge in [0.2, 0.25) is 0 Å². The normalized spacial score (nSPS) is 12.4. The van der Waals surface area contributed by atoms with Crippen LogP contribution in [0.4, 0.5) is 8.78 Å². The van der Waals surface area contributed by atoms with Crippen molar-refractivity contribution in [3.8, 4) is 0 Å². The number of nitrogens with one attached hydrogen (secondary N) is 1. The molecule has 1 aromatic heterocycles. The highest BCUT2D eigenvalue weighted by Crippen LogP contribution is 2.26. The van der Waals surface area contributed by atoms with E-state index in [4.69, 9.17) is 0 Å². The molecule has 0 aliphatic heterocycles. The first-order chi connectivity index (χ1) is 9.50. The van der Waals surface area contributed by atoms with Crippen LogP contribution in [0.2, 0.25) is 0 Å². The lowest BCUT2D eigenvalue weighted by Crippen LogP contribution is -2.32. The quantitative estimate of drug-likeness (QED) is 0.902. The molecular formula is C15H15F2NOS. The molecule has 1 amide bonds. The number of carbonyl (C=O) groups is 1. The predicted molar refractivity (Wildman–Crippen MR) is 75.7 cm³/mol. The van der Waals surface area contributed by atoms with Crippen molar-refractivity contribution in [3.63, 3.8) is 0 Å². The van der Waals surface area contributed by atoms with Gasteiger partial charge in [-0.05, 0) is 29.5 Å². The Kier molecular flexibility index (Phi) is 4.49. The summed E-state index contributed by atoms with van der Waals surface area (Å²) >= 11 is 1.52. The van der Waals surface area contributed by atoms with Crippen LogP contribution in [0, 0.1) is 17.6 Å². The average Bonchev–Trinajstić information content (AvgIpc) is 2.92. The van der Waals surface area contributed by atoms with E-state index in [2.05, 4.69) is 5.32 Å². The summed E-state index contributed by atoms with van der Waals surface area (Å²) in [4.78, 5) is 13.1. The van der Waals surface area contributed by atoms with Crippen LogP contribution in [-0.4, -0.2) is 5.91 Å². The van der Waals surface area contributed by atoms with Crippen molar-refractivity contribution in [1.29, 1.82) is 0 Å². The fraction of sp³-hybridized carbons (Fsp3) is 0.267. The predicted octanol–water partition coefficient (Wildman–Crippen LogP) is 4.15. The summed E-state index contributed by atoms with van der Waals surface area (Å²) in [5, 5.41) is 4.68. The molecule has 2 rings (SSSR count). The summed E-state index contributed by atoms with van der Waals surface area (Å²) in [7, 11) is 0. The van der Waals surface area contributed by atoms with Gasteiger partial charge in [0, 0.05) is 4.88 Å². The average molecular weight is 295 g/mol. The summed E-state index contributed by atoms with van der Waals surface area (Å²) in [5.74, 6) is -2.59. The van der Waals surface area contributed by atoms with Crippen LogP contribution in [0.15, 0.2) is 35.7 Å². The molecule has 0 bridgehead atoms. The number of halogens is 2. The van der Waals surface area contributed by atoms with E-state index in [9.17, 15) is 13.6 Å². The third-order valence-electron chi connectivity index (χ3n) is 3.00. The first kappa shape index (κ1) is 14.7. The number of rotatable bonds is 4. The zero-order valence-electron chi connectivity index (χ0n) is 11.2. The lowest BCUT2D eigenvalue weighted by Gasteiger charge is -2.21. The van der Waals surface area contributed by atoms with Gasteiger partial charge < -0.3 is 5.32 Å². The van der Waals surface area contributed by atoms with E-state index < -0.39 is 17.5 Å². The van der Waals surface area contributed by atoms with Crippen LogP contribution in [0.25, 0.3) is 0 Å². The standard InChI is InChI=1S/C15H15F2NOS/c1-9(2)14(12-7-4-8-20-12)18-15(19)10-5-3-6-11(16)13(10)17/h3-9,14H,1-2H3,(H,18,19). The second-order valence-electron chi connectivity index (χ2n) is 4.81. The smallest absolute Gasteiger partial charge is 0.254 e. The molecule has 0 radical (unpaired) electrons. The monoisotopic (exact) mass is 295 g/mol. The van der Waals surface area contributed by atoms with E-state index in [-0.39, 0.29) is 17.5 Å². The van der Waals surface area contributed by atoms with Gasteiger partial charge in [-0.15, -0.1) is 11.3 Å². The fourth-order valence-corrected chi connectivity index (χ4v) is 2.88. The number of amides is 1. The van der Waals surface area contributed by atoms with Crippen molar-refractivity contribution in [1.82, 2.24) is 5.32 Å². The fourth-order valence-electron chi connectivity index (χ4n) is 1.93. The molecule has 1 aromatic carbocycles. The molecule has 106 valence electrons. The van der Waals surface area contributed by atoms with Crippen LogP contribution in [0.5, 0.6) is 0 Å². The van der Waals surface area contributed by atoms with Crippen molar-refractivity contribution in [2.24, 2.45) is 5.92 Å². The number of hydrogen-bond acceptors (Lipinski definition) is 2. The highest BCUT2D eigenvalue weighted by atomic mass is 32.1. The van der Waals surface area contributed by atoms with Crippen LogP contribution in [0.1, 0.15) is 35.1 Å². The maximum Gasteiger partial charge on any atom is 0.254 e. The second kappa shape index (κ2) is 6.13. The van der Waals surface area contributed by atoms with Gasteiger partial charge in [0.05, 0.1) is 11.6 Å². The highest BCUT2D eigenvalue weighted by molar-refractivity contribution is 7.10. The molecule has 0 aliphatic rings. The second-order valence-corrected chi connectivity index (χ2v) is 5.79. The summed E-state index contributed by atoms with van der Waals surface area (Å²) in [5.41, 5.74) is -0.271. The molecule has 1 unspecified atom stereocenters. The number of carbonyl (C=O) groups excluding carboxylic acids is 1. The molecule has 1 heterocycles. The van der Waals surface area contributed by atoms with E-state index >= 15 is 0 Å². The zero-order chi connectivity index (χ0) is 14.7. The first-order valence-electron chi connectivity index (χ1n) is 6.29. The number of hydrogen-bond donors (Lipinski definition) is 1. The van der Waals surface area contributed by atoms with Crippen molar-refractivity contribution in [2.45, 2.75) is 19.9 Å². The summed E-state index contributed by atoms with van der Waals surface area (Å²) in [6, 6.07) is 7.18. The van der Waals surface area contributed by atoms with Gasteiger partial charge in [-0.3, -0.25) is 4.79 Å². The van der Waals surface area contributed by atoms with Crippen LogP contribution >= 0.6 is 11.3 Å². The van der Waals surface area contributed by atoms with Crippen LogP contribution < -0.4 is 5.32 Å². The molecule has 0 spiro atoms. The Labute approximate surface area is 120 Å². The number of benzene rings is 1. The minimum absolute atomic E-state index is 0.147. The Balaban J connectivity index is 2.23. The maximum atomic E-state index is 13.6. The van der Waals surface area contributed by atoms with E-state index in [1.165, 1.54) is 23.5 Å². The Morgan fingerprint density at radius 3 is 2.55 bits per heavy atom. The molecule has 0 saturated carbocycles. The molecule has 2 aromatic rings. The SMILES string of the molecule is CC(C)C(NC(=O)c1cccc(F)c1F)c1cccs1. The number of thiophene rings is 1. The van der Waals surface area contributed by atoms with Gasteiger partial charge in [-0.25, -0.2) is 8.78 Å². The summed E-state index contributed by atoms with van der Waals surface area (Å²) < 4.78 is 26.8. The summed E-state index contributed by atoms with van der Waals surface area (Å²) in [6.07, 6.45) is 0. The van der Waals surface area contributed by atoms with E-state index in [1.54, 1.807) is 0 Å². The Morgan fingerprint density at radius 1 is 1.20 bits per heavy atom. The topological polar surface area (TPSA) is 29.1 Å². The van der Waals surface area contributed by atoms with Crippen LogP contribution in [-0.2, 0) is 0 Å². The Bertz CT molecular complexity index is 596. The van der Waals surface area contributed by atoms with Crippen LogP contribution in [0.3, 0.4) is 0 Å². The maximum absolute atomic E-state index is 13.6. The third kappa shape index (κ3) is 3.04. The van der Waals surface area contributed by atoms with E-state index in [0.717, 1.165) is 10.9 Å². The largest absolute Gasteiger partial charge is 0.344 e. The molecule has 0 fully saturated rings. The van der Waals surface area contributed by atoms with Gasteiger partial charge in [0.1, 0.15) is 0 Å². The molecule has 5 heteroatoms. The van der Waals surface area contributed by atoms with Crippen molar-refractivity contribution in [3.05, 3.63) is 57.8 Å². The molecule has 1 N–H and O–H groups in total. The first-order valence-corrected chi connectivity index (χ1v) is 7.17. The minimum atomic E-state index is -1.11. The van der Waals surface area contributed by atoms with Crippen molar-refractivity contribution in [2.75, 3.05) is 0 Å². The molecule has 1 atom stereocenters. The van der Waals surface area contributed by atoms with Crippen molar-refractivity contribution < 1.29 is 13.6 Å². The molecule has 0 aliphatic carbocycles. The van der Waals surface area contributed by atoms with E-state index in [1.807, 2.05) is 31.4 Å². The van der Waals surface area contributed by atoms with Gasteiger partial charge >= 0.3 is 0 Å². The van der Waals surface area contributed by atoms with Gasteiger partial charge in [0.15, 0.2) is 11.6 Å². The lowest BCUT2D eigenvalue weighted by molar-refractivity contribution is 0.0921.